The summed E-state index contributed by atoms with van der Waals surface area (Å²) in [5.41, 5.74) is 0.143. The van der Waals surface area contributed by atoms with Gasteiger partial charge in [0, 0.05) is 11.4 Å². The minimum Gasteiger partial charge on any atom is -0.310 e. The Bertz CT molecular complexity index is 144. The highest BCUT2D eigenvalue weighted by molar-refractivity contribution is 6.18. The topological polar surface area (TPSA) is 12.0 Å². The number of hydrogen-bond acceptors (Lipinski definition) is 1. The van der Waals surface area contributed by atoms with Crippen molar-refractivity contribution in [2.75, 3.05) is 12.4 Å². The van der Waals surface area contributed by atoms with Crippen molar-refractivity contribution in [1.82, 2.24) is 5.32 Å². The molecular weight excluding hydrogens is 218 g/mol. The molecule has 0 aliphatic carbocycles. The number of unbranched alkanes of at least 4 members (excludes halogenated alkanes) is 6. The summed E-state index contributed by atoms with van der Waals surface area (Å²) in [5.74, 6) is 0.708. The molecule has 0 bridgehead atoms. The normalized spacial score (nSPS) is 15.0. The van der Waals surface area contributed by atoms with E-state index in [1.165, 1.54) is 44.9 Å². The number of nitrogens with one attached hydrogen (secondary N) is 1. The van der Waals surface area contributed by atoms with Crippen LogP contribution in [-0.2, 0) is 0 Å². The highest BCUT2D eigenvalue weighted by atomic mass is 35.5. The summed E-state index contributed by atoms with van der Waals surface area (Å²) in [7, 11) is 0. The molecule has 2 heteroatoms. The Hall–Kier alpha value is 0.250. The van der Waals surface area contributed by atoms with Crippen LogP contribution in [0.25, 0.3) is 0 Å². The highest BCUT2D eigenvalue weighted by Crippen LogP contribution is 2.12. The maximum atomic E-state index is 5.94. The van der Waals surface area contributed by atoms with Crippen molar-refractivity contribution in [3.63, 3.8) is 0 Å². The van der Waals surface area contributed by atoms with Gasteiger partial charge in [-0.2, -0.15) is 0 Å². The molecule has 0 rings (SSSR count). The zero-order valence-corrected chi connectivity index (χ0v) is 12.2. The van der Waals surface area contributed by atoms with Crippen LogP contribution in [0.1, 0.15) is 72.1 Å². The van der Waals surface area contributed by atoms with Gasteiger partial charge in [-0.05, 0) is 26.3 Å². The van der Waals surface area contributed by atoms with Crippen LogP contribution in [0.2, 0.25) is 0 Å². The molecule has 0 aliphatic rings. The molecule has 0 heterocycles. The van der Waals surface area contributed by atoms with Gasteiger partial charge in [0.25, 0.3) is 0 Å². The van der Waals surface area contributed by atoms with Gasteiger partial charge in [0.2, 0.25) is 0 Å². The minimum atomic E-state index is 0.143. The zero-order chi connectivity index (χ0) is 12.3. The standard InChI is InChI=1S/C14H30ClN/c1-4-6-7-8-9-10-11-12-16-14(3,5-2)13-15/h16H,4-13H2,1-3H3. The van der Waals surface area contributed by atoms with Gasteiger partial charge in [0.05, 0.1) is 0 Å². The molecule has 0 spiro atoms. The summed E-state index contributed by atoms with van der Waals surface area (Å²) in [6.45, 7) is 7.79. The first-order chi connectivity index (χ1) is 7.68. The summed E-state index contributed by atoms with van der Waals surface area (Å²) >= 11 is 5.94. The summed E-state index contributed by atoms with van der Waals surface area (Å²) in [4.78, 5) is 0. The summed E-state index contributed by atoms with van der Waals surface area (Å²) in [6, 6.07) is 0. The minimum absolute atomic E-state index is 0.143. The fourth-order valence-corrected chi connectivity index (χ4v) is 2.02. The van der Waals surface area contributed by atoms with Gasteiger partial charge in [-0.1, -0.05) is 52.4 Å². The van der Waals surface area contributed by atoms with E-state index in [0.717, 1.165) is 13.0 Å². The Balaban J connectivity index is 3.26. The van der Waals surface area contributed by atoms with Crippen LogP contribution in [0.15, 0.2) is 0 Å². The van der Waals surface area contributed by atoms with Gasteiger partial charge in [-0.3, -0.25) is 0 Å². The lowest BCUT2D eigenvalue weighted by atomic mass is 10.0. The van der Waals surface area contributed by atoms with Crippen molar-refractivity contribution in [2.45, 2.75) is 77.7 Å². The van der Waals surface area contributed by atoms with Gasteiger partial charge in [0.15, 0.2) is 0 Å². The molecule has 0 saturated carbocycles. The second kappa shape index (κ2) is 10.4. The van der Waals surface area contributed by atoms with E-state index in [1.807, 2.05) is 0 Å². The molecule has 0 aliphatic heterocycles. The average Bonchev–Trinajstić information content (AvgIpc) is 2.32. The molecule has 1 N–H and O–H groups in total. The molecule has 1 unspecified atom stereocenters. The predicted octanol–water partition coefficient (Wildman–Crippen LogP) is 4.73. The Morgan fingerprint density at radius 1 is 0.938 bits per heavy atom. The molecule has 98 valence electrons. The van der Waals surface area contributed by atoms with Crippen molar-refractivity contribution in [3.05, 3.63) is 0 Å². The van der Waals surface area contributed by atoms with Crippen LogP contribution in [-0.4, -0.2) is 18.0 Å². The molecular formula is C14H30ClN. The molecule has 0 fully saturated rings. The number of halogens is 1. The maximum absolute atomic E-state index is 5.94. The molecule has 0 aromatic carbocycles. The van der Waals surface area contributed by atoms with E-state index in [-0.39, 0.29) is 5.54 Å². The van der Waals surface area contributed by atoms with Crippen molar-refractivity contribution >= 4 is 11.6 Å². The van der Waals surface area contributed by atoms with Gasteiger partial charge < -0.3 is 5.32 Å². The molecule has 0 radical (unpaired) electrons. The fourth-order valence-electron chi connectivity index (χ4n) is 1.74. The first-order valence-electron chi connectivity index (χ1n) is 6.99. The van der Waals surface area contributed by atoms with Crippen LogP contribution >= 0.6 is 11.6 Å². The third kappa shape index (κ3) is 8.41. The van der Waals surface area contributed by atoms with Crippen molar-refractivity contribution in [2.24, 2.45) is 0 Å². The molecule has 0 aromatic heterocycles. The second-order valence-electron chi connectivity index (χ2n) is 5.10. The molecule has 0 aromatic rings. The van der Waals surface area contributed by atoms with Crippen LogP contribution < -0.4 is 5.32 Å². The lowest BCUT2D eigenvalue weighted by molar-refractivity contribution is 0.375. The second-order valence-corrected chi connectivity index (χ2v) is 5.36. The Kier molecular flexibility index (Phi) is 10.6. The lowest BCUT2D eigenvalue weighted by Crippen LogP contribution is -2.43. The van der Waals surface area contributed by atoms with E-state index >= 15 is 0 Å². The predicted molar refractivity (Wildman–Crippen MR) is 75.4 cm³/mol. The van der Waals surface area contributed by atoms with Crippen molar-refractivity contribution in [1.29, 1.82) is 0 Å². The number of rotatable bonds is 11. The monoisotopic (exact) mass is 247 g/mol. The van der Waals surface area contributed by atoms with Crippen molar-refractivity contribution < 1.29 is 0 Å². The third-order valence-electron chi connectivity index (χ3n) is 3.41. The Morgan fingerprint density at radius 3 is 2.00 bits per heavy atom. The smallest absolute Gasteiger partial charge is 0.0403 e. The summed E-state index contributed by atoms with van der Waals surface area (Å²) in [6.07, 6.45) is 10.7. The molecule has 0 saturated heterocycles. The van der Waals surface area contributed by atoms with E-state index in [9.17, 15) is 0 Å². The summed E-state index contributed by atoms with van der Waals surface area (Å²) < 4.78 is 0. The van der Waals surface area contributed by atoms with Crippen LogP contribution in [0, 0.1) is 0 Å². The van der Waals surface area contributed by atoms with Crippen LogP contribution in [0.5, 0.6) is 0 Å². The Labute approximate surface area is 107 Å². The van der Waals surface area contributed by atoms with E-state index < -0.39 is 0 Å². The molecule has 1 nitrogen and oxygen atoms in total. The molecule has 0 amide bonds. The van der Waals surface area contributed by atoms with Gasteiger partial charge >= 0.3 is 0 Å². The highest BCUT2D eigenvalue weighted by Gasteiger charge is 2.18. The van der Waals surface area contributed by atoms with Crippen molar-refractivity contribution in [3.8, 4) is 0 Å². The molecule has 1 atom stereocenters. The fraction of sp³-hybridized carbons (Fsp3) is 1.00. The van der Waals surface area contributed by atoms with E-state index in [1.54, 1.807) is 0 Å². The quantitative estimate of drug-likeness (QED) is 0.411. The third-order valence-corrected chi connectivity index (χ3v) is 4.00. The average molecular weight is 248 g/mol. The van der Waals surface area contributed by atoms with Crippen LogP contribution in [0.3, 0.4) is 0 Å². The van der Waals surface area contributed by atoms with E-state index in [2.05, 4.69) is 26.1 Å². The molecule has 16 heavy (non-hydrogen) atoms. The number of alkyl halides is 1. The van der Waals surface area contributed by atoms with E-state index in [0.29, 0.717) is 5.88 Å². The SMILES string of the molecule is CCCCCCCCCNC(C)(CC)CCl. The lowest BCUT2D eigenvalue weighted by Gasteiger charge is -2.27. The van der Waals surface area contributed by atoms with Crippen LogP contribution in [0.4, 0.5) is 0 Å². The first-order valence-corrected chi connectivity index (χ1v) is 7.53. The van der Waals surface area contributed by atoms with E-state index in [4.69, 9.17) is 11.6 Å². The van der Waals surface area contributed by atoms with Gasteiger partial charge in [-0.15, -0.1) is 11.6 Å². The maximum Gasteiger partial charge on any atom is 0.0403 e. The van der Waals surface area contributed by atoms with Gasteiger partial charge in [0.1, 0.15) is 0 Å². The first kappa shape index (κ1) is 16.2. The zero-order valence-electron chi connectivity index (χ0n) is 11.4. The number of hydrogen-bond donors (Lipinski definition) is 1. The van der Waals surface area contributed by atoms with Gasteiger partial charge in [-0.25, -0.2) is 0 Å². The Morgan fingerprint density at radius 2 is 1.50 bits per heavy atom. The summed E-state index contributed by atoms with van der Waals surface area (Å²) in [5, 5.41) is 3.57. The largest absolute Gasteiger partial charge is 0.310 e.